The van der Waals surface area contributed by atoms with Gasteiger partial charge in [-0.15, -0.1) is 11.3 Å². The Balaban J connectivity index is 2.03. The number of thiophene rings is 1. The Labute approximate surface area is 130 Å². The number of carbonyl (C=O) groups excluding carboxylic acids is 1. The van der Waals surface area contributed by atoms with Crippen LogP contribution in [-0.2, 0) is 11.3 Å². The number of carbonyl (C=O) groups is 1. The molecule has 1 amide bonds. The predicted molar refractivity (Wildman–Crippen MR) is 85.9 cm³/mol. The summed E-state index contributed by atoms with van der Waals surface area (Å²) in [6.07, 6.45) is 4.05. The van der Waals surface area contributed by atoms with Crippen molar-refractivity contribution in [3.63, 3.8) is 0 Å². The van der Waals surface area contributed by atoms with Crippen LogP contribution in [0, 0.1) is 0 Å². The van der Waals surface area contributed by atoms with E-state index in [-0.39, 0.29) is 30.7 Å². The summed E-state index contributed by atoms with van der Waals surface area (Å²) in [6.45, 7) is -0.196. The van der Waals surface area contributed by atoms with Crippen LogP contribution in [-0.4, -0.2) is 45.2 Å². The number of aliphatic hydroxyl groups is 1. The summed E-state index contributed by atoms with van der Waals surface area (Å²) in [5.41, 5.74) is 0.435. The summed E-state index contributed by atoms with van der Waals surface area (Å²) in [6, 6.07) is 1.50. The van der Waals surface area contributed by atoms with Gasteiger partial charge in [-0.25, -0.2) is 4.98 Å². The van der Waals surface area contributed by atoms with E-state index in [0.717, 1.165) is 5.75 Å². The van der Waals surface area contributed by atoms with Crippen molar-refractivity contribution in [2.45, 2.75) is 19.0 Å². The minimum atomic E-state index is -0.296. The van der Waals surface area contributed by atoms with E-state index in [1.165, 1.54) is 22.2 Å². The van der Waals surface area contributed by atoms with E-state index < -0.39 is 0 Å². The molecule has 0 aliphatic heterocycles. The number of nitrogens with one attached hydrogen (secondary N) is 1. The fraction of sp³-hybridized carbons (Fsp3) is 0.462. The monoisotopic (exact) mass is 327 g/mol. The summed E-state index contributed by atoms with van der Waals surface area (Å²) >= 11 is 2.97. The maximum Gasteiger partial charge on any atom is 0.271 e. The maximum atomic E-state index is 12.2. The highest BCUT2D eigenvalue weighted by Gasteiger charge is 2.13. The van der Waals surface area contributed by atoms with Crippen molar-refractivity contribution in [1.82, 2.24) is 14.9 Å². The number of hydrogen-bond donors (Lipinski definition) is 2. The normalized spacial score (nSPS) is 12.5. The van der Waals surface area contributed by atoms with Crippen LogP contribution in [0.5, 0.6) is 0 Å². The number of rotatable bonds is 7. The second-order valence-corrected chi connectivity index (χ2v) is 6.44. The molecule has 0 spiro atoms. The molecule has 2 heterocycles. The Morgan fingerprint density at radius 2 is 2.43 bits per heavy atom. The molecular weight excluding hydrogens is 310 g/mol. The van der Waals surface area contributed by atoms with Crippen molar-refractivity contribution >= 4 is 39.2 Å². The van der Waals surface area contributed by atoms with Crippen molar-refractivity contribution in [3.8, 4) is 0 Å². The molecule has 0 aliphatic rings. The van der Waals surface area contributed by atoms with Crippen LogP contribution in [0.4, 0.5) is 0 Å². The number of aliphatic hydroxyl groups excluding tert-OH is 1. The molecule has 1 atom stereocenters. The third-order valence-electron chi connectivity index (χ3n) is 3.01. The van der Waals surface area contributed by atoms with Gasteiger partial charge < -0.3 is 10.4 Å². The molecule has 2 aromatic rings. The third-order valence-corrected chi connectivity index (χ3v) is 4.54. The second-order valence-electron chi connectivity index (χ2n) is 4.54. The minimum Gasteiger partial charge on any atom is -0.394 e. The fourth-order valence-electron chi connectivity index (χ4n) is 1.89. The molecule has 2 aromatic heterocycles. The number of nitrogens with zero attached hydrogens (tertiary/aromatic N) is 2. The molecule has 0 radical (unpaired) electrons. The second kappa shape index (κ2) is 7.58. The van der Waals surface area contributed by atoms with E-state index in [1.54, 1.807) is 23.2 Å². The standard InChI is InChI=1S/C13H17N3O3S2/c1-20-4-2-9(7-17)15-11(18)6-16-8-14-10-3-5-21-12(10)13(16)19/h3,5,8-9,17H,2,4,6-7H2,1H3,(H,15,18)/t9-/m1/s1. The van der Waals surface area contributed by atoms with Crippen LogP contribution >= 0.6 is 23.1 Å². The number of amides is 1. The Morgan fingerprint density at radius 3 is 3.14 bits per heavy atom. The highest BCUT2D eigenvalue weighted by molar-refractivity contribution is 7.98. The van der Waals surface area contributed by atoms with Gasteiger partial charge in [-0.05, 0) is 29.9 Å². The third kappa shape index (κ3) is 4.05. The lowest BCUT2D eigenvalue weighted by molar-refractivity contribution is -0.122. The largest absolute Gasteiger partial charge is 0.394 e. The molecule has 2 N–H and O–H groups in total. The van der Waals surface area contributed by atoms with E-state index >= 15 is 0 Å². The fourth-order valence-corrected chi connectivity index (χ4v) is 3.20. The summed E-state index contributed by atoms with van der Waals surface area (Å²) < 4.78 is 1.84. The van der Waals surface area contributed by atoms with Gasteiger partial charge in [-0.2, -0.15) is 11.8 Å². The summed E-state index contributed by atoms with van der Waals surface area (Å²) in [4.78, 5) is 28.3. The number of hydrogen-bond acceptors (Lipinski definition) is 6. The average molecular weight is 327 g/mol. The topological polar surface area (TPSA) is 84.2 Å². The van der Waals surface area contributed by atoms with Crippen molar-refractivity contribution in [1.29, 1.82) is 0 Å². The summed E-state index contributed by atoms with van der Waals surface area (Å²) in [7, 11) is 0. The molecule has 0 unspecified atom stereocenters. The molecule has 0 saturated heterocycles. The van der Waals surface area contributed by atoms with Crippen molar-refractivity contribution in [2.75, 3.05) is 18.6 Å². The van der Waals surface area contributed by atoms with E-state index in [2.05, 4.69) is 10.3 Å². The average Bonchev–Trinajstić information content (AvgIpc) is 2.95. The van der Waals surface area contributed by atoms with Crippen LogP contribution in [0.2, 0.25) is 0 Å². The SMILES string of the molecule is CSCC[C@H](CO)NC(=O)Cn1cnc2ccsc2c1=O. The van der Waals surface area contributed by atoms with Gasteiger partial charge in [-0.1, -0.05) is 0 Å². The highest BCUT2D eigenvalue weighted by Crippen LogP contribution is 2.12. The van der Waals surface area contributed by atoms with Crippen molar-refractivity contribution in [3.05, 3.63) is 28.1 Å². The lowest BCUT2D eigenvalue weighted by Gasteiger charge is -2.16. The first-order valence-corrected chi connectivity index (χ1v) is 8.75. The van der Waals surface area contributed by atoms with Crippen LogP contribution < -0.4 is 10.9 Å². The molecule has 0 aromatic carbocycles. The molecule has 0 fully saturated rings. The zero-order valence-electron chi connectivity index (χ0n) is 11.6. The predicted octanol–water partition coefficient (Wildman–Crippen LogP) is 0.688. The molecule has 0 aliphatic carbocycles. The molecule has 114 valence electrons. The minimum absolute atomic E-state index is 0.0879. The van der Waals surface area contributed by atoms with Crippen LogP contribution in [0.3, 0.4) is 0 Å². The molecule has 21 heavy (non-hydrogen) atoms. The maximum absolute atomic E-state index is 12.2. The van der Waals surface area contributed by atoms with Crippen LogP contribution in [0.1, 0.15) is 6.42 Å². The van der Waals surface area contributed by atoms with Gasteiger partial charge in [0.05, 0.1) is 24.5 Å². The smallest absolute Gasteiger partial charge is 0.271 e. The van der Waals surface area contributed by atoms with E-state index in [1.807, 2.05) is 6.26 Å². The van der Waals surface area contributed by atoms with Gasteiger partial charge in [0.2, 0.25) is 5.91 Å². The highest BCUT2D eigenvalue weighted by atomic mass is 32.2. The van der Waals surface area contributed by atoms with Gasteiger partial charge in [-0.3, -0.25) is 14.2 Å². The Bertz CT molecular complexity index is 668. The van der Waals surface area contributed by atoms with E-state index in [0.29, 0.717) is 16.6 Å². The Morgan fingerprint density at radius 1 is 1.62 bits per heavy atom. The molecule has 6 nitrogen and oxygen atoms in total. The number of fused-ring (bicyclic) bond motifs is 1. The molecule has 8 heteroatoms. The van der Waals surface area contributed by atoms with E-state index in [9.17, 15) is 14.7 Å². The van der Waals surface area contributed by atoms with Gasteiger partial charge in [0.1, 0.15) is 11.2 Å². The van der Waals surface area contributed by atoms with E-state index in [4.69, 9.17) is 0 Å². The number of thioether (sulfide) groups is 1. The molecule has 2 rings (SSSR count). The lowest BCUT2D eigenvalue weighted by Crippen LogP contribution is -2.41. The van der Waals surface area contributed by atoms with Gasteiger partial charge in [0.25, 0.3) is 5.56 Å². The van der Waals surface area contributed by atoms with Crippen LogP contribution in [0.15, 0.2) is 22.6 Å². The molecule has 0 bridgehead atoms. The van der Waals surface area contributed by atoms with Crippen LogP contribution in [0.25, 0.3) is 10.2 Å². The first-order chi connectivity index (χ1) is 10.2. The van der Waals surface area contributed by atoms with Gasteiger partial charge >= 0.3 is 0 Å². The summed E-state index contributed by atoms with van der Waals surface area (Å²) in [5.74, 6) is 0.559. The van der Waals surface area contributed by atoms with Crippen molar-refractivity contribution in [2.24, 2.45) is 0 Å². The quantitative estimate of drug-likeness (QED) is 0.781. The van der Waals surface area contributed by atoms with Gasteiger partial charge in [0, 0.05) is 0 Å². The molecular formula is C13H17N3O3S2. The van der Waals surface area contributed by atoms with Gasteiger partial charge in [0.15, 0.2) is 0 Å². The Hall–Kier alpha value is -1.38. The first kappa shape index (κ1) is 16.0. The molecule has 0 saturated carbocycles. The van der Waals surface area contributed by atoms with Crippen molar-refractivity contribution < 1.29 is 9.90 Å². The Kier molecular flexibility index (Phi) is 5.77. The first-order valence-electron chi connectivity index (χ1n) is 6.47. The lowest BCUT2D eigenvalue weighted by atomic mass is 10.2. The zero-order valence-corrected chi connectivity index (χ0v) is 13.2. The number of aromatic nitrogens is 2. The summed E-state index contributed by atoms with van der Waals surface area (Å²) in [5, 5.41) is 13.8. The zero-order chi connectivity index (χ0) is 15.2.